The summed E-state index contributed by atoms with van der Waals surface area (Å²) in [6.07, 6.45) is -2.08. The number of carbonyl (C=O) groups is 1. The van der Waals surface area contributed by atoms with Crippen molar-refractivity contribution in [3.05, 3.63) is 28.8 Å². The first kappa shape index (κ1) is 15.1. The first-order valence-corrected chi connectivity index (χ1v) is 6.67. The third-order valence-electron chi connectivity index (χ3n) is 3.17. The Morgan fingerprint density at radius 1 is 1.35 bits per heavy atom. The van der Waals surface area contributed by atoms with Crippen LogP contribution in [0.15, 0.2) is 18.2 Å². The van der Waals surface area contributed by atoms with E-state index in [2.05, 4.69) is 10.6 Å². The van der Waals surface area contributed by atoms with E-state index in [4.69, 9.17) is 11.6 Å². The molecular formula is C13H14ClF3N2O. The SMILES string of the molecule is O=C(Nc1ccc(Cl)cc1C(F)(F)F)[C@@H]1CCCCN1. The van der Waals surface area contributed by atoms with Gasteiger partial charge in [-0.3, -0.25) is 4.79 Å². The zero-order valence-corrected chi connectivity index (χ0v) is 11.3. The van der Waals surface area contributed by atoms with Crippen LogP contribution in [0.2, 0.25) is 5.02 Å². The Balaban J connectivity index is 2.18. The van der Waals surface area contributed by atoms with E-state index in [0.29, 0.717) is 13.0 Å². The highest BCUT2D eigenvalue weighted by Gasteiger charge is 2.34. The third-order valence-corrected chi connectivity index (χ3v) is 3.41. The van der Waals surface area contributed by atoms with Gasteiger partial charge in [0.05, 0.1) is 17.3 Å². The maximum Gasteiger partial charge on any atom is 0.418 e. The zero-order valence-electron chi connectivity index (χ0n) is 10.6. The summed E-state index contributed by atoms with van der Waals surface area (Å²) in [6.45, 7) is 0.699. The molecule has 1 aromatic carbocycles. The fraction of sp³-hybridized carbons (Fsp3) is 0.462. The lowest BCUT2D eigenvalue weighted by Crippen LogP contribution is -2.43. The van der Waals surface area contributed by atoms with Crippen molar-refractivity contribution in [3.63, 3.8) is 0 Å². The van der Waals surface area contributed by atoms with Crippen LogP contribution in [0.25, 0.3) is 0 Å². The number of anilines is 1. The number of carbonyl (C=O) groups excluding carboxylic acids is 1. The van der Waals surface area contributed by atoms with Gasteiger partial charge in [0.25, 0.3) is 0 Å². The Hall–Kier alpha value is -1.27. The molecule has 1 aromatic rings. The standard InChI is InChI=1S/C13H14ClF3N2O/c14-8-4-5-10(9(7-8)13(15,16)17)19-12(20)11-3-1-2-6-18-11/h4-5,7,11,18H,1-3,6H2,(H,19,20)/t11-/m0/s1. The quantitative estimate of drug-likeness (QED) is 0.879. The van der Waals surface area contributed by atoms with Gasteiger partial charge >= 0.3 is 6.18 Å². The summed E-state index contributed by atoms with van der Waals surface area (Å²) >= 11 is 5.58. The summed E-state index contributed by atoms with van der Waals surface area (Å²) in [4.78, 5) is 12.0. The van der Waals surface area contributed by atoms with E-state index in [0.717, 1.165) is 18.9 Å². The summed E-state index contributed by atoms with van der Waals surface area (Å²) < 4.78 is 38.7. The first-order chi connectivity index (χ1) is 9.38. The molecule has 2 N–H and O–H groups in total. The smallest absolute Gasteiger partial charge is 0.324 e. The van der Waals surface area contributed by atoms with Gasteiger partial charge in [-0.15, -0.1) is 0 Å². The molecule has 0 bridgehead atoms. The van der Waals surface area contributed by atoms with E-state index in [9.17, 15) is 18.0 Å². The number of benzene rings is 1. The fourth-order valence-electron chi connectivity index (χ4n) is 2.16. The molecule has 1 heterocycles. The number of piperidine rings is 1. The molecular weight excluding hydrogens is 293 g/mol. The molecule has 1 aliphatic rings. The van der Waals surface area contributed by atoms with Crippen LogP contribution in [0.5, 0.6) is 0 Å². The predicted octanol–water partition coefficient (Wildman–Crippen LogP) is 3.44. The Labute approximate surface area is 119 Å². The van der Waals surface area contributed by atoms with Gasteiger partial charge < -0.3 is 10.6 Å². The Kier molecular flexibility index (Phi) is 4.55. The summed E-state index contributed by atoms with van der Waals surface area (Å²) in [5, 5.41) is 5.30. The van der Waals surface area contributed by atoms with Crippen molar-refractivity contribution in [3.8, 4) is 0 Å². The van der Waals surface area contributed by atoms with Crippen molar-refractivity contribution in [2.24, 2.45) is 0 Å². The van der Waals surface area contributed by atoms with Gasteiger partial charge in [0.1, 0.15) is 0 Å². The molecule has 1 atom stereocenters. The molecule has 3 nitrogen and oxygen atoms in total. The minimum atomic E-state index is -4.56. The second-order valence-corrected chi connectivity index (χ2v) is 5.12. The van der Waals surface area contributed by atoms with Crippen LogP contribution in [0.4, 0.5) is 18.9 Å². The van der Waals surface area contributed by atoms with E-state index < -0.39 is 23.7 Å². The zero-order chi connectivity index (χ0) is 14.8. The molecule has 20 heavy (non-hydrogen) atoms. The van der Waals surface area contributed by atoms with Crippen molar-refractivity contribution < 1.29 is 18.0 Å². The Morgan fingerprint density at radius 2 is 2.10 bits per heavy atom. The molecule has 110 valence electrons. The number of amides is 1. The number of rotatable bonds is 2. The molecule has 0 radical (unpaired) electrons. The lowest BCUT2D eigenvalue weighted by molar-refractivity contribution is -0.137. The van der Waals surface area contributed by atoms with Gasteiger partial charge in [0.15, 0.2) is 0 Å². The van der Waals surface area contributed by atoms with E-state index in [1.807, 2.05) is 0 Å². The minimum Gasteiger partial charge on any atom is -0.324 e. The monoisotopic (exact) mass is 306 g/mol. The average molecular weight is 307 g/mol. The number of hydrogen-bond donors (Lipinski definition) is 2. The number of alkyl halides is 3. The third kappa shape index (κ3) is 3.64. The molecule has 1 aliphatic heterocycles. The van der Waals surface area contributed by atoms with E-state index in [-0.39, 0.29) is 10.7 Å². The van der Waals surface area contributed by atoms with Gasteiger partial charge in [-0.2, -0.15) is 13.2 Å². The lowest BCUT2D eigenvalue weighted by atomic mass is 10.0. The van der Waals surface area contributed by atoms with E-state index in [1.54, 1.807) is 0 Å². The number of nitrogens with one attached hydrogen (secondary N) is 2. The average Bonchev–Trinajstić information content (AvgIpc) is 2.40. The summed E-state index contributed by atoms with van der Waals surface area (Å²) in [7, 11) is 0. The van der Waals surface area contributed by atoms with Gasteiger partial charge in [-0.05, 0) is 37.6 Å². The first-order valence-electron chi connectivity index (χ1n) is 6.29. The van der Waals surface area contributed by atoms with Crippen LogP contribution < -0.4 is 10.6 Å². The largest absolute Gasteiger partial charge is 0.418 e. The van der Waals surface area contributed by atoms with Crippen molar-refractivity contribution >= 4 is 23.2 Å². The van der Waals surface area contributed by atoms with Crippen LogP contribution in [0.1, 0.15) is 24.8 Å². The molecule has 0 aromatic heterocycles. The highest BCUT2D eigenvalue weighted by Crippen LogP contribution is 2.36. The van der Waals surface area contributed by atoms with Crippen LogP contribution in [-0.4, -0.2) is 18.5 Å². The fourth-order valence-corrected chi connectivity index (χ4v) is 2.33. The maximum atomic E-state index is 12.9. The van der Waals surface area contributed by atoms with Gasteiger partial charge in [0, 0.05) is 5.02 Å². The Morgan fingerprint density at radius 3 is 2.70 bits per heavy atom. The normalized spacial score (nSPS) is 19.7. The van der Waals surface area contributed by atoms with Gasteiger partial charge in [-0.1, -0.05) is 18.0 Å². The molecule has 0 spiro atoms. The number of hydrogen-bond acceptors (Lipinski definition) is 2. The predicted molar refractivity (Wildman–Crippen MR) is 70.7 cm³/mol. The van der Waals surface area contributed by atoms with E-state index in [1.165, 1.54) is 12.1 Å². The van der Waals surface area contributed by atoms with Crippen molar-refractivity contribution in [2.45, 2.75) is 31.5 Å². The molecule has 0 unspecified atom stereocenters. The molecule has 1 saturated heterocycles. The molecule has 1 amide bonds. The lowest BCUT2D eigenvalue weighted by Gasteiger charge is -2.23. The summed E-state index contributed by atoms with van der Waals surface area (Å²) in [6, 6.07) is 2.86. The number of halogens is 4. The second-order valence-electron chi connectivity index (χ2n) is 4.68. The van der Waals surface area contributed by atoms with Crippen molar-refractivity contribution in [2.75, 3.05) is 11.9 Å². The molecule has 0 aliphatic carbocycles. The summed E-state index contributed by atoms with van der Waals surface area (Å²) in [5.74, 6) is -0.447. The highest BCUT2D eigenvalue weighted by molar-refractivity contribution is 6.30. The van der Waals surface area contributed by atoms with Gasteiger partial charge in [0.2, 0.25) is 5.91 Å². The topological polar surface area (TPSA) is 41.1 Å². The molecule has 1 fully saturated rings. The van der Waals surface area contributed by atoms with Crippen LogP contribution in [0, 0.1) is 0 Å². The maximum absolute atomic E-state index is 12.9. The van der Waals surface area contributed by atoms with Gasteiger partial charge in [-0.25, -0.2) is 0 Å². The van der Waals surface area contributed by atoms with Crippen molar-refractivity contribution in [1.29, 1.82) is 0 Å². The van der Waals surface area contributed by atoms with Crippen LogP contribution in [0.3, 0.4) is 0 Å². The second kappa shape index (κ2) is 6.01. The minimum absolute atomic E-state index is 0.0221. The molecule has 2 rings (SSSR count). The highest BCUT2D eigenvalue weighted by atomic mass is 35.5. The van der Waals surface area contributed by atoms with Crippen LogP contribution in [-0.2, 0) is 11.0 Å². The summed E-state index contributed by atoms with van der Waals surface area (Å²) in [5.41, 5.74) is -1.20. The Bertz CT molecular complexity index is 499. The van der Waals surface area contributed by atoms with E-state index >= 15 is 0 Å². The van der Waals surface area contributed by atoms with Crippen LogP contribution >= 0.6 is 11.6 Å². The van der Waals surface area contributed by atoms with Crippen molar-refractivity contribution in [1.82, 2.24) is 5.32 Å². The molecule has 0 saturated carbocycles. The molecule has 7 heteroatoms.